The maximum Gasteiger partial charge on any atom is 0.143 e. The second-order valence-electron chi connectivity index (χ2n) is 10.9. The monoisotopic (exact) mass is 520 g/mol. The van der Waals surface area contributed by atoms with E-state index in [0.29, 0.717) is 0 Å². The normalized spacial score (nSPS) is 11.9. The van der Waals surface area contributed by atoms with Crippen LogP contribution in [0.3, 0.4) is 0 Å². The quantitative estimate of drug-likeness (QED) is 0.207. The number of fused-ring (bicyclic) bond motifs is 9. The van der Waals surface area contributed by atoms with Gasteiger partial charge in [-0.1, -0.05) is 121 Å². The highest BCUT2D eigenvalue weighted by molar-refractivity contribution is 6.26. The Hall–Kier alpha value is -5.40. The fourth-order valence-corrected chi connectivity index (χ4v) is 6.76. The predicted molar refractivity (Wildman–Crippen MR) is 175 cm³/mol. The van der Waals surface area contributed by atoms with Gasteiger partial charge >= 0.3 is 0 Å². The van der Waals surface area contributed by atoms with E-state index in [1.807, 2.05) is 6.07 Å². The van der Waals surface area contributed by atoms with Crippen LogP contribution in [0.1, 0.15) is 0 Å². The summed E-state index contributed by atoms with van der Waals surface area (Å²) in [4.78, 5) is 0. The summed E-state index contributed by atoms with van der Waals surface area (Å²) in [6, 6.07) is 52.6. The van der Waals surface area contributed by atoms with Crippen LogP contribution >= 0.6 is 0 Å². The molecule has 1 nitrogen and oxygen atoms in total. The van der Waals surface area contributed by atoms with Crippen LogP contribution in [0, 0.1) is 0 Å². The molecule has 41 heavy (non-hydrogen) atoms. The molecule has 190 valence electrons. The van der Waals surface area contributed by atoms with Crippen LogP contribution in [-0.4, -0.2) is 0 Å². The van der Waals surface area contributed by atoms with Crippen molar-refractivity contribution in [2.24, 2.45) is 0 Å². The Kier molecular flexibility index (Phi) is 4.67. The summed E-state index contributed by atoms with van der Waals surface area (Å²) >= 11 is 0. The lowest BCUT2D eigenvalue weighted by molar-refractivity contribution is 0.670. The van der Waals surface area contributed by atoms with Crippen molar-refractivity contribution in [1.82, 2.24) is 0 Å². The Labute approximate surface area is 236 Å². The summed E-state index contributed by atoms with van der Waals surface area (Å²) in [7, 11) is 0. The Morgan fingerprint density at radius 2 is 0.951 bits per heavy atom. The number of furan rings is 1. The highest BCUT2D eigenvalue weighted by atomic mass is 16.3. The van der Waals surface area contributed by atoms with Gasteiger partial charge in [0.1, 0.15) is 11.2 Å². The molecule has 0 bridgehead atoms. The van der Waals surface area contributed by atoms with E-state index in [2.05, 4.69) is 140 Å². The van der Waals surface area contributed by atoms with E-state index in [0.717, 1.165) is 27.5 Å². The summed E-state index contributed by atoms with van der Waals surface area (Å²) in [6.07, 6.45) is 0. The molecular formula is C40H24O. The first-order valence-corrected chi connectivity index (χ1v) is 14.1. The van der Waals surface area contributed by atoms with Crippen molar-refractivity contribution >= 4 is 65.0 Å². The highest BCUT2D eigenvalue weighted by Gasteiger charge is 2.18. The number of hydrogen-bond donors (Lipinski definition) is 0. The first kappa shape index (κ1) is 22.4. The molecule has 1 aromatic heterocycles. The molecule has 0 aliphatic rings. The molecule has 0 saturated heterocycles. The van der Waals surface area contributed by atoms with Gasteiger partial charge in [0.25, 0.3) is 0 Å². The van der Waals surface area contributed by atoms with Gasteiger partial charge < -0.3 is 4.42 Å². The SMILES string of the molecule is c1ccc2cc(-c3cc4cc(-c5cccc6c5oc5ccccc56)c5ccccc5c4c4ccccc34)ccc2c1. The third-order valence-electron chi connectivity index (χ3n) is 8.62. The standard InChI is InChI=1S/C40H24O/c1-2-11-26-22-27(21-20-25(26)10-1)36-23-28-24-37(35-18-9-17-34-31-14-7-8-19-38(31)41-40(34)35)30-13-4-6-16-33(30)39(28)32-15-5-3-12-29(32)36/h1-24H. The van der Waals surface area contributed by atoms with Gasteiger partial charge in [-0.3, -0.25) is 0 Å². The van der Waals surface area contributed by atoms with Crippen LogP contribution in [0.2, 0.25) is 0 Å². The van der Waals surface area contributed by atoms with Gasteiger partial charge in [0.15, 0.2) is 0 Å². The molecule has 0 spiro atoms. The molecule has 1 heteroatoms. The predicted octanol–water partition coefficient (Wildman–Crippen LogP) is 11.5. The Bertz CT molecular complexity index is 2480. The molecule has 0 saturated carbocycles. The van der Waals surface area contributed by atoms with Crippen LogP contribution in [0.5, 0.6) is 0 Å². The minimum atomic E-state index is 0.921. The molecular weight excluding hydrogens is 496 g/mol. The van der Waals surface area contributed by atoms with Gasteiger partial charge in [0, 0.05) is 16.3 Å². The highest BCUT2D eigenvalue weighted by Crippen LogP contribution is 2.44. The number of hydrogen-bond acceptors (Lipinski definition) is 1. The Morgan fingerprint density at radius 1 is 0.341 bits per heavy atom. The van der Waals surface area contributed by atoms with E-state index in [1.54, 1.807) is 0 Å². The zero-order chi connectivity index (χ0) is 26.9. The van der Waals surface area contributed by atoms with Gasteiger partial charge in [-0.25, -0.2) is 0 Å². The second-order valence-corrected chi connectivity index (χ2v) is 10.9. The van der Waals surface area contributed by atoms with Crippen molar-refractivity contribution in [2.75, 3.05) is 0 Å². The largest absolute Gasteiger partial charge is 0.455 e. The minimum absolute atomic E-state index is 0.921. The van der Waals surface area contributed by atoms with E-state index >= 15 is 0 Å². The summed E-state index contributed by atoms with van der Waals surface area (Å²) < 4.78 is 6.50. The smallest absolute Gasteiger partial charge is 0.143 e. The fourth-order valence-electron chi connectivity index (χ4n) is 6.76. The van der Waals surface area contributed by atoms with Crippen molar-refractivity contribution in [3.63, 3.8) is 0 Å². The average molecular weight is 521 g/mol. The Balaban J connectivity index is 1.41. The number of rotatable bonds is 2. The van der Waals surface area contributed by atoms with Crippen LogP contribution < -0.4 is 0 Å². The van der Waals surface area contributed by atoms with Crippen molar-refractivity contribution in [2.45, 2.75) is 0 Å². The van der Waals surface area contributed by atoms with Gasteiger partial charge in [-0.15, -0.1) is 0 Å². The van der Waals surface area contributed by atoms with Gasteiger partial charge in [0.2, 0.25) is 0 Å². The molecule has 9 aromatic rings. The third-order valence-corrected chi connectivity index (χ3v) is 8.62. The first-order chi connectivity index (χ1) is 20.3. The molecule has 0 fully saturated rings. The minimum Gasteiger partial charge on any atom is -0.455 e. The van der Waals surface area contributed by atoms with Crippen molar-refractivity contribution < 1.29 is 4.42 Å². The van der Waals surface area contributed by atoms with Crippen molar-refractivity contribution in [3.05, 3.63) is 146 Å². The van der Waals surface area contributed by atoms with E-state index < -0.39 is 0 Å². The molecule has 9 rings (SSSR count). The topological polar surface area (TPSA) is 13.1 Å². The number of benzene rings is 8. The molecule has 0 aliphatic carbocycles. The molecule has 0 unspecified atom stereocenters. The lowest BCUT2D eigenvalue weighted by atomic mass is 9.87. The second kappa shape index (κ2) is 8.55. The van der Waals surface area contributed by atoms with Gasteiger partial charge in [-0.2, -0.15) is 0 Å². The van der Waals surface area contributed by atoms with Crippen LogP contribution in [0.4, 0.5) is 0 Å². The van der Waals surface area contributed by atoms with Crippen molar-refractivity contribution in [3.8, 4) is 22.3 Å². The lowest BCUT2D eigenvalue weighted by Gasteiger charge is -2.16. The van der Waals surface area contributed by atoms with Crippen molar-refractivity contribution in [1.29, 1.82) is 0 Å². The van der Waals surface area contributed by atoms with Crippen LogP contribution in [0.15, 0.2) is 150 Å². The van der Waals surface area contributed by atoms with Gasteiger partial charge in [-0.05, 0) is 84.0 Å². The summed E-state index contributed by atoms with van der Waals surface area (Å²) in [5, 5.41) is 12.4. The molecule has 0 amide bonds. The zero-order valence-electron chi connectivity index (χ0n) is 22.3. The summed E-state index contributed by atoms with van der Waals surface area (Å²) in [6.45, 7) is 0. The third kappa shape index (κ3) is 3.30. The molecule has 0 radical (unpaired) electrons. The zero-order valence-corrected chi connectivity index (χ0v) is 22.3. The Morgan fingerprint density at radius 3 is 1.76 bits per heavy atom. The summed E-state index contributed by atoms with van der Waals surface area (Å²) in [5.74, 6) is 0. The first-order valence-electron chi connectivity index (χ1n) is 14.1. The summed E-state index contributed by atoms with van der Waals surface area (Å²) in [5.41, 5.74) is 6.66. The van der Waals surface area contributed by atoms with Gasteiger partial charge in [0.05, 0.1) is 0 Å². The van der Waals surface area contributed by atoms with E-state index in [1.165, 1.54) is 59.8 Å². The molecule has 0 N–H and O–H groups in total. The van der Waals surface area contributed by atoms with Crippen LogP contribution in [0.25, 0.3) is 87.3 Å². The fraction of sp³-hybridized carbons (Fsp3) is 0. The van der Waals surface area contributed by atoms with E-state index in [9.17, 15) is 0 Å². The molecule has 8 aromatic carbocycles. The molecule has 1 heterocycles. The number of para-hydroxylation sites is 2. The maximum absolute atomic E-state index is 6.50. The van der Waals surface area contributed by atoms with Crippen LogP contribution in [-0.2, 0) is 0 Å². The maximum atomic E-state index is 6.50. The average Bonchev–Trinajstić information content (AvgIpc) is 3.43. The van der Waals surface area contributed by atoms with E-state index in [4.69, 9.17) is 4.42 Å². The molecule has 0 atom stereocenters. The molecule has 0 aliphatic heterocycles. The lowest BCUT2D eigenvalue weighted by Crippen LogP contribution is -1.89. The van der Waals surface area contributed by atoms with E-state index in [-0.39, 0.29) is 0 Å².